The van der Waals surface area contributed by atoms with E-state index in [2.05, 4.69) is 38.3 Å². The quantitative estimate of drug-likeness (QED) is 0.781. The second kappa shape index (κ2) is 5.71. The molecule has 1 rings (SSSR count). The summed E-state index contributed by atoms with van der Waals surface area (Å²) >= 11 is 0. The lowest BCUT2D eigenvalue weighted by Crippen LogP contribution is -2.52. The monoisotopic (exact) mass is 234 g/mol. The minimum absolute atomic E-state index is 0. The molecule has 1 atom stereocenters. The predicted molar refractivity (Wildman–Crippen MR) is 65.3 cm³/mol. The van der Waals surface area contributed by atoms with E-state index in [-0.39, 0.29) is 29.9 Å². The van der Waals surface area contributed by atoms with Crippen LogP contribution < -0.4 is 10.6 Å². The third kappa shape index (κ3) is 3.99. The van der Waals surface area contributed by atoms with Gasteiger partial charge in [0.25, 0.3) is 0 Å². The Kier molecular flexibility index (Phi) is 5.60. The van der Waals surface area contributed by atoms with E-state index < -0.39 is 0 Å². The maximum atomic E-state index is 11.8. The van der Waals surface area contributed by atoms with Gasteiger partial charge in [-0.25, -0.2) is 0 Å². The first-order valence-electron chi connectivity index (χ1n) is 5.49. The van der Waals surface area contributed by atoms with E-state index in [1.165, 1.54) is 0 Å². The normalized spacial score (nSPS) is 21.3. The van der Waals surface area contributed by atoms with Crippen molar-refractivity contribution in [3.05, 3.63) is 0 Å². The number of hydrogen-bond acceptors (Lipinski definition) is 2. The molecule has 2 N–H and O–H groups in total. The van der Waals surface area contributed by atoms with Crippen LogP contribution in [0.25, 0.3) is 0 Å². The van der Waals surface area contributed by atoms with Gasteiger partial charge in [-0.1, -0.05) is 13.8 Å². The molecule has 1 saturated heterocycles. The first kappa shape index (κ1) is 14.7. The zero-order chi connectivity index (χ0) is 10.8. The summed E-state index contributed by atoms with van der Waals surface area (Å²) in [5, 5.41) is 6.30. The number of carbonyl (C=O) groups is 1. The summed E-state index contributed by atoms with van der Waals surface area (Å²) < 4.78 is 0. The average molecular weight is 235 g/mol. The van der Waals surface area contributed by atoms with Crippen LogP contribution in [0.1, 0.15) is 40.5 Å². The van der Waals surface area contributed by atoms with E-state index in [4.69, 9.17) is 0 Å². The Morgan fingerprint density at radius 1 is 1.47 bits per heavy atom. The fourth-order valence-electron chi connectivity index (χ4n) is 1.46. The number of hydrogen-bond donors (Lipinski definition) is 2. The molecular weight excluding hydrogens is 212 g/mol. The number of halogens is 1. The Labute approximate surface area is 98.8 Å². The van der Waals surface area contributed by atoms with Crippen LogP contribution in [-0.4, -0.2) is 24.0 Å². The molecular formula is C11H23ClN2O. The lowest BCUT2D eigenvalue weighted by Gasteiger charge is -2.31. The fraction of sp³-hybridized carbons (Fsp3) is 0.909. The van der Waals surface area contributed by atoms with E-state index >= 15 is 0 Å². The van der Waals surface area contributed by atoms with Gasteiger partial charge in [-0.2, -0.15) is 0 Å². The van der Waals surface area contributed by atoms with Crippen LogP contribution in [0.15, 0.2) is 0 Å². The Morgan fingerprint density at radius 3 is 2.47 bits per heavy atom. The Hall–Kier alpha value is -0.280. The Bertz CT molecular complexity index is 211. The van der Waals surface area contributed by atoms with Crippen LogP contribution in [0.4, 0.5) is 0 Å². The number of carbonyl (C=O) groups excluding carboxylic acids is 1. The summed E-state index contributed by atoms with van der Waals surface area (Å²) in [5.74, 6) is 0.606. The van der Waals surface area contributed by atoms with Crippen molar-refractivity contribution in [2.45, 2.75) is 52.1 Å². The molecule has 4 heteroatoms. The third-order valence-corrected chi connectivity index (χ3v) is 3.27. The summed E-state index contributed by atoms with van der Waals surface area (Å²) in [5.41, 5.74) is -0.110. The van der Waals surface area contributed by atoms with Gasteiger partial charge in [0, 0.05) is 5.54 Å². The second-order valence-corrected chi connectivity index (χ2v) is 5.01. The van der Waals surface area contributed by atoms with Crippen LogP contribution in [0.3, 0.4) is 0 Å². The van der Waals surface area contributed by atoms with Gasteiger partial charge >= 0.3 is 0 Å². The van der Waals surface area contributed by atoms with Crippen LogP contribution in [0.2, 0.25) is 0 Å². The molecule has 0 spiro atoms. The maximum absolute atomic E-state index is 11.8. The minimum atomic E-state index is -0.110. The number of nitrogens with one attached hydrogen (secondary N) is 2. The highest BCUT2D eigenvalue weighted by molar-refractivity contribution is 5.85. The average Bonchev–Trinajstić information content (AvgIpc) is 2.54. The zero-order valence-electron chi connectivity index (χ0n) is 10.1. The molecule has 1 aliphatic heterocycles. The fourth-order valence-corrected chi connectivity index (χ4v) is 1.46. The van der Waals surface area contributed by atoms with E-state index in [9.17, 15) is 4.79 Å². The van der Waals surface area contributed by atoms with Gasteiger partial charge in [-0.3, -0.25) is 4.79 Å². The molecule has 0 aromatic carbocycles. The first-order valence-corrected chi connectivity index (χ1v) is 5.49. The molecule has 1 heterocycles. The first-order chi connectivity index (χ1) is 6.43. The van der Waals surface area contributed by atoms with E-state index in [0.717, 1.165) is 19.4 Å². The molecule has 0 bridgehead atoms. The summed E-state index contributed by atoms with van der Waals surface area (Å²) in [7, 11) is 0. The van der Waals surface area contributed by atoms with Crippen LogP contribution in [0.5, 0.6) is 0 Å². The van der Waals surface area contributed by atoms with Gasteiger partial charge in [-0.15, -0.1) is 12.4 Å². The van der Waals surface area contributed by atoms with Gasteiger partial charge in [0.15, 0.2) is 0 Å². The van der Waals surface area contributed by atoms with Crippen molar-refractivity contribution < 1.29 is 4.79 Å². The highest BCUT2D eigenvalue weighted by Gasteiger charge is 2.29. The van der Waals surface area contributed by atoms with Crippen LogP contribution in [0, 0.1) is 5.92 Å². The van der Waals surface area contributed by atoms with Gasteiger partial charge in [0.2, 0.25) is 5.91 Å². The van der Waals surface area contributed by atoms with Gasteiger partial charge in [0.1, 0.15) is 0 Å². The predicted octanol–water partition coefficient (Wildman–Crippen LogP) is 1.71. The van der Waals surface area contributed by atoms with Crippen molar-refractivity contribution in [3.8, 4) is 0 Å². The zero-order valence-corrected chi connectivity index (χ0v) is 10.9. The van der Waals surface area contributed by atoms with Crippen molar-refractivity contribution in [1.82, 2.24) is 10.6 Å². The summed E-state index contributed by atoms with van der Waals surface area (Å²) in [4.78, 5) is 11.8. The van der Waals surface area contributed by atoms with Crippen LogP contribution in [-0.2, 0) is 4.79 Å². The van der Waals surface area contributed by atoms with E-state index in [0.29, 0.717) is 5.92 Å². The molecule has 15 heavy (non-hydrogen) atoms. The van der Waals surface area contributed by atoms with Gasteiger partial charge in [-0.05, 0) is 39.2 Å². The highest BCUT2D eigenvalue weighted by Crippen LogP contribution is 2.16. The van der Waals surface area contributed by atoms with Gasteiger partial charge < -0.3 is 10.6 Å². The molecule has 0 aromatic heterocycles. The summed E-state index contributed by atoms with van der Waals surface area (Å²) in [6.07, 6.45) is 2.08. The highest BCUT2D eigenvalue weighted by atomic mass is 35.5. The van der Waals surface area contributed by atoms with Crippen molar-refractivity contribution in [3.63, 3.8) is 0 Å². The molecule has 1 aliphatic rings. The van der Waals surface area contributed by atoms with E-state index in [1.807, 2.05) is 0 Å². The molecule has 90 valence electrons. The van der Waals surface area contributed by atoms with E-state index in [1.54, 1.807) is 0 Å². The largest absolute Gasteiger partial charge is 0.350 e. The molecule has 0 aliphatic carbocycles. The molecule has 1 fully saturated rings. The van der Waals surface area contributed by atoms with Crippen molar-refractivity contribution in [2.75, 3.05) is 6.54 Å². The minimum Gasteiger partial charge on any atom is -0.350 e. The number of amides is 1. The molecule has 0 unspecified atom stereocenters. The lowest BCUT2D eigenvalue weighted by atomic mass is 9.90. The van der Waals surface area contributed by atoms with Crippen molar-refractivity contribution >= 4 is 18.3 Å². The summed E-state index contributed by atoms with van der Waals surface area (Å²) in [6.45, 7) is 9.37. The topological polar surface area (TPSA) is 41.1 Å². The lowest BCUT2D eigenvalue weighted by molar-refractivity contribution is -0.124. The Morgan fingerprint density at radius 2 is 2.07 bits per heavy atom. The van der Waals surface area contributed by atoms with Gasteiger partial charge in [0.05, 0.1) is 6.04 Å². The summed E-state index contributed by atoms with van der Waals surface area (Å²) in [6, 6.07) is 0.0352. The maximum Gasteiger partial charge on any atom is 0.237 e. The molecule has 1 amide bonds. The Balaban J connectivity index is 0.00000196. The smallest absolute Gasteiger partial charge is 0.237 e. The van der Waals surface area contributed by atoms with Crippen molar-refractivity contribution in [1.29, 1.82) is 0 Å². The molecule has 0 radical (unpaired) electrons. The van der Waals surface area contributed by atoms with Crippen molar-refractivity contribution in [2.24, 2.45) is 5.92 Å². The SMILES string of the molecule is CC(C)C(C)(C)NC(=O)[C@@H]1CCCN1.Cl. The molecule has 3 nitrogen and oxygen atoms in total. The standard InChI is InChI=1S/C11H22N2O.ClH/c1-8(2)11(3,4)13-10(14)9-6-5-7-12-9;/h8-9,12H,5-7H2,1-4H3,(H,13,14);1H/t9-;/m0./s1. The number of rotatable bonds is 3. The molecule has 0 aromatic rings. The third-order valence-electron chi connectivity index (χ3n) is 3.27. The van der Waals surface area contributed by atoms with Crippen LogP contribution >= 0.6 is 12.4 Å². The molecule has 0 saturated carbocycles. The second-order valence-electron chi connectivity index (χ2n) is 5.01.